The van der Waals surface area contributed by atoms with Crippen LogP contribution in [-0.2, 0) is 11.3 Å². The maximum Gasteiger partial charge on any atom is 0.0746 e. The molecule has 0 saturated heterocycles. The molecule has 0 heterocycles. The van der Waals surface area contributed by atoms with Crippen molar-refractivity contribution in [3.8, 4) is 0 Å². The fraction of sp³-hybridized carbons (Fsp3) is 0.500. The third kappa shape index (κ3) is 3.90. The van der Waals surface area contributed by atoms with E-state index in [-0.39, 0.29) is 5.60 Å². The van der Waals surface area contributed by atoms with Crippen molar-refractivity contribution in [1.82, 2.24) is 5.32 Å². The average Bonchev–Trinajstić information content (AvgIpc) is 2.19. The maximum absolute atomic E-state index is 5.31. The first-order chi connectivity index (χ1) is 6.64. The highest BCUT2D eigenvalue weighted by Crippen LogP contribution is 2.05. The lowest BCUT2D eigenvalue weighted by Crippen LogP contribution is -2.36. The Bertz CT molecular complexity index is 256. The average molecular weight is 193 g/mol. The number of nitrogens with one attached hydrogen (secondary N) is 1. The number of hydrogen-bond donors (Lipinski definition) is 1. The van der Waals surface area contributed by atoms with E-state index in [4.69, 9.17) is 4.74 Å². The van der Waals surface area contributed by atoms with Crippen LogP contribution in [0.3, 0.4) is 0 Å². The topological polar surface area (TPSA) is 21.3 Å². The van der Waals surface area contributed by atoms with Crippen molar-refractivity contribution in [2.45, 2.75) is 26.0 Å². The van der Waals surface area contributed by atoms with Crippen LogP contribution < -0.4 is 5.32 Å². The summed E-state index contributed by atoms with van der Waals surface area (Å²) in [5, 5.41) is 3.37. The van der Waals surface area contributed by atoms with Crippen molar-refractivity contribution in [2.24, 2.45) is 0 Å². The van der Waals surface area contributed by atoms with Crippen molar-refractivity contribution < 1.29 is 4.74 Å². The minimum absolute atomic E-state index is 0.0885. The fourth-order valence-electron chi connectivity index (χ4n) is 1.18. The summed E-state index contributed by atoms with van der Waals surface area (Å²) in [5.74, 6) is 0. The van der Waals surface area contributed by atoms with E-state index in [0.29, 0.717) is 0 Å². The van der Waals surface area contributed by atoms with Crippen LogP contribution >= 0.6 is 0 Å². The summed E-state index contributed by atoms with van der Waals surface area (Å²) in [6.45, 7) is 5.90. The monoisotopic (exact) mass is 193 g/mol. The zero-order chi connectivity index (χ0) is 10.4. The first-order valence-electron chi connectivity index (χ1n) is 4.94. The molecule has 0 aliphatic heterocycles. The predicted octanol–water partition coefficient (Wildman–Crippen LogP) is 2.20. The predicted molar refractivity (Wildman–Crippen MR) is 59.2 cm³/mol. The van der Waals surface area contributed by atoms with Crippen LogP contribution in [0.1, 0.15) is 19.4 Å². The van der Waals surface area contributed by atoms with Crippen LogP contribution in [0.4, 0.5) is 0 Å². The lowest BCUT2D eigenvalue weighted by molar-refractivity contribution is 0.0231. The van der Waals surface area contributed by atoms with Crippen molar-refractivity contribution in [3.63, 3.8) is 0 Å². The number of benzene rings is 1. The lowest BCUT2D eigenvalue weighted by Gasteiger charge is -2.23. The third-order valence-corrected chi connectivity index (χ3v) is 2.28. The van der Waals surface area contributed by atoms with Gasteiger partial charge in [-0.1, -0.05) is 30.3 Å². The van der Waals surface area contributed by atoms with Gasteiger partial charge in [0, 0.05) is 20.2 Å². The highest BCUT2D eigenvalue weighted by Gasteiger charge is 2.14. The molecule has 0 saturated carbocycles. The minimum Gasteiger partial charge on any atom is -0.377 e. The summed E-state index contributed by atoms with van der Waals surface area (Å²) in [4.78, 5) is 0. The van der Waals surface area contributed by atoms with E-state index in [1.54, 1.807) is 7.11 Å². The zero-order valence-corrected chi connectivity index (χ0v) is 9.21. The molecule has 1 aromatic rings. The van der Waals surface area contributed by atoms with Gasteiger partial charge in [-0.15, -0.1) is 0 Å². The Hall–Kier alpha value is -0.860. The Balaban J connectivity index is 2.29. The second-order valence-corrected chi connectivity index (χ2v) is 4.05. The van der Waals surface area contributed by atoms with Crippen molar-refractivity contribution in [3.05, 3.63) is 35.9 Å². The molecule has 14 heavy (non-hydrogen) atoms. The molecule has 1 N–H and O–H groups in total. The van der Waals surface area contributed by atoms with Gasteiger partial charge >= 0.3 is 0 Å². The van der Waals surface area contributed by atoms with Gasteiger partial charge in [-0.3, -0.25) is 0 Å². The second kappa shape index (κ2) is 5.13. The summed E-state index contributed by atoms with van der Waals surface area (Å²) in [5.41, 5.74) is 1.22. The molecule has 2 nitrogen and oxygen atoms in total. The number of hydrogen-bond acceptors (Lipinski definition) is 2. The molecule has 0 unspecified atom stereocenters. The first kappa shape index (κ1) is 11.2. The molecule has 1 aromatic carbocycles. The quantitative estimate of drug-likeness (QED) is 0.774. The molecule has 78 valence electrons. The molecule has 0 amide bonds. The fourth-order valence-corrected chi connectivity index (χ4v) is 1.18. The Labute approximate surface area is 86.3 Å². The summed E-state index contributed by atoms with van der Waals surface area (Å²) in [6, 6.07) is 10.4. The Kier molecular flexibility index (Phi) is 4.11. The van der Waals surface area contributed by atoms with Crippen LogP contribution in [0.15, 0.2) is 30.3 Å². The van der Waals surface area contributed by atoms with Crippen LogP contribution in [-0.4, -0.2) is 19.3 Å². The SMILES string of the molecule is COC(C)(C)CNCc1ccccc1. The smallest absolute Gasteiger partial charge is 0.0746 e. The van der Waals surface area contributed by atoms with Gasteiger partial charge in [-0.05, 0) is 19.4 Å². The highest BCUT2D eigenvalue weighted by atomic mass is 16.5. The molecule has 0 atom stereocenters. The molecular formula is C12H19NO. The van der Waals surface area contributed by atoms with Gasteiger partial charge < -0.3 is 10.1 Å². The summed E-state index contributed by atoms with van der Waals surface area (Å²) in [7, 11) is 1.74. The van der Waals surface area contributed by atoms with Gasteiger partial charge in [0.1, 0.15) is 0 Å². The number of methoxy groups -OCH3 is 1. The van der Waals surface area contributed by atoms with E-state index < -0.39 is 0 Å². The van der Waals surface area contributed by atoms with E-state index in [1.807, 2.05) is 6.07 Å². The van der Waals surface area contributed by atoms with Crippen LogP contribution in [0.25, 0.3) is 0 Å². The van der Waals surface area contributed by atoms with E-state index in [1.165, 1.54) is 5.56 Å². The van der Waals surface area contributed by atoms with Gasteiger partial charge in [-0.2, -0.15) is 0 Å². The zero-order valence-electron chi connectivity index (χ0n) is 9.21. The standard InChI is InChI=1S/C12H19NO/c1-12(2,14-3)10-13-9-11-7-5-4-6-8-11/h4-8,13H,9-10H2,1-3H3. The van der Waals surface area contributed by atoms with E-state index in [2.05, 4.69) is 43.4 Å². The van der Waals surface area contributed by atoms with Gasteiger partial charge in [0.25, 0.3) is 0 Å². The van der Waals surface area contributed by atoms with Gasteiger partial charge in [0.15, 0.2) is 0 Å². The Morgan fingerprint density at radius 2 is 1.86 bits per heavy atom. The summed E-state index contributed by atoms with van der Waals surface area (Å²) < 4.78 is 5.31. The first-order valence-corrected chi connectivity index (χ1v) is 4.94. The van der Waals surface area contributed by atoms with Crippen LogP contribution in [0, 0.1) is 0 Å². The largest absolute Gasteiger partial charge is 0.377 e. The molecule has 1 rings (SSSR count). The van der Waals surface area contributed by atoms with Crippen LogP contribution in [0.5, 0.6) is 0 Å². The molecule has 0 fully saturated rings. The van der Waals surface area contributed by atoms with Crippen molar-refractivity contribution >= 4 is 0 Å². The lowest BCUT2D eigenvalue weighted by atomic mass is 10.1. The summed E-state index contributed by atoms with van der Waals surface area (Å²) >= 11 is 0. The van der Waals surface area contributed by atoms with Gasteiger partial charge in [-0.25, -0.2) is 0 Å². The molecule has 0 aliphatic rings. The van der Waals surface area contributed by atoms with E-state index in [9.17, 15) is 0 Å². The summed E-state index contributed by atoms with van der Waals surface area (Å²) in [6.07, 6.45) is 0. The normalized spacial score (nSPS) is 11.6. The number of ether oxygens (including phenoxy) is 1. The second-order valence-electron chi connectivity index (χ2n) is 4.05. The van der Waals surface area contributed by atoms with Crippen molar-refractivity contribution in [1.29, 1.82) is 0 Å². The maximum atomic E-state index is 5.31. The van der Waals surface area contributed by atoms with E-state index in [0.717, 1.165) is 13.1 Å². The molecule has 0 spiro atoms. The minimum atomic E-state index is -0.0885. The molecule has 0 bridgehead atoms. The third-order valence-electron chi connectivity index (χ3n) is 2.28. The molecule has 0 aliphatic carbocycles. The van der Waals surface area contributed by atoms with E-state index >= 15 is 0 Å². The Morgan fingerprint density at radius 1 is 1.21 bits per heavy atom. The van der Waals surface area contributed by atoms with Crippen molar-refractivity contribution in [2.75, 3.05) is 13.7 Å². The van der Waals surface area contributed by atoms with Gasteiger partial charge in [0.05, 0.1) is 5.60 Å². The highest BCUT2D eigenvalue weighted by molar-refractivity contribution is 5.14. The molecule has 0 aromatic heterocycles. The molecule has 0 radical (unpaired) electrons. The molecular weight excluding hydrogens is 174 g/mol. The number of rotatable bonds is 5. The molecule has 2 heteroatoms. The van der Waals surface area contributed by atoms with Gasteiger partial charge in [0.2, 0.25) is 0 Å². The Morgan fingerprint density at radius 3 is 2.43 bits per heavy atom. The van der Waals surface area contributed by atoms with Crippen LogP contribution in [0.2, 0.25) is 0 Å².